The highest BCUT2D eigenvalue weighted by molar-refractivity contribution is 5.94. The summed E-state index contributed by atoms with van der Waals surface area (Å²) in [5, 5.41) is 13.2. The minimum Gasteiger partial charge on any atom is -0.369 e. The van der Waals surface area contributed by atoms with Crippen molar-refractivity contribution in [3.05, 3.63) is 17.0 Å². The maximum atomic E-state index is 13.0. The van der Waals surface area contributed by atoms with E-state index in [1.165, 1.54) is 0 Å². The number of hydrogen-bond donors (Lipinski definition) is 0. The summed E-state index contributed by atoms with van der Waals surface area (Å²) >= 11 is 0. The number of fused-ring (bicyclic) bond motifs is 1. The van der Waals surface area contributed by atoms with Gasteiger partial charge in [-0.2, -0.15) is 10.4 Å². The number of amides is 1. The van der Waals surface area contributed by atoms with Gasteiger partial charge < -0.3 is 9.64 Å². The molecule has 0 unspecified atom stereocenters. The number of rotatable bonds is 3. The standard InChI is InChI=1S/C18H26N4O2/c1-12-11-15-16(20-21(3)17(15)13(2)24-12)18(23)22-9-6-14(7-10-22)5-4-8-19/h12-14H,4-7,9-11H2,1-3H3/t12-,13+/m1/s1. The van der Waals surface area contributed by atoms with Crippen LogP contribution in [-0.4, -0.2) is 39.8 Å². The van der Waals surface area contributed by atoms with Gasteiger partial charge >= 0.3 is 0 Å². The molecule has 6 nitrogen and oxygen atoms in total. The maximum Gasteiger partial charge on any atom is 0.274 e. The van der Waals surface area contributed by atoms with E-state index in [9.17, 15) is 4.79 Å². The lowest BCUT2D eigenvalue weighted by atomic mass is 9.92. The van der Waals surface area contributed by atoms with Crippen molar-refractivity contribution >= 4 is 5.91 Å². The zero-order valence-corrected chi connectivity index (χ0v) is 14.8. The largest absolute Gasteiger partial charge is 0.369 e. The molecular formula is C18H26N4O2. The summed E-state index contributed by atoms with van der Waals surface area (Å²) in [5.41, 5.74) is 2.69. The molecular weight excluding hydrogens is 304 g/mol. The SMILES string of the molecule is C[C@@H]1Cc2c(C(=O)N3CCC(CCC#N)CC3)nn(C)c2[C@H](C)O1. The van der Waals surface area contributed by atoms with Crippen molar-refractivity contribution in [2.24, 2.45) is 13.0 Å². The van der Waals surface area contributed by atoms with Crippen molar-refractivity contribution in [3.8, 4) is 6.07 Å². The van der Waals surface area contributed by atoms with Gasteiger partial charge in [-0.15, -0.1) is 0 Å². The van der Waals surface area contributed by atoms with Crippen LogP contribution in [0.4, 0.5) is 0 Å². The van der Waals surface area contributed by atoms with Gasteiger partial charge in [-0.1, -0.05) is 0 Å². The first-order chi connectivity index (χ1) is 11.5. The lowest BCUT2D eigenvalue weighted by Gasteiger charge is -2.32. The monoisotopic (exact) mass is 330 g/mol. The van der Waals surface area contributed by atoms with Gasteiger partial charge in [0.15, 0.2) is 5.69 Å². The number of piperidine rings is 1. The Kier molecular flexibility index (Phi) is 4.91. The first-order valence-electron chi connectivity index (χ1n) is 8.88. The van der Waals surface area contributed by atoms with Crippen molar-refractivity contribution in [3.63, 3.8) is 0 Å². The van der Waals surface area contributed by atoms with Crippen LogP contribution in [0.25, 0.3) is 0 Å². The highest BCUT2D eigenvalue weighted by atomic mass is 16.5. The van der Waals surface area contributed by atoms with Crippen LogP contribution in [-0.2, 0) is 18.2 Å². The molecule has 1 amide bonds. The lowest BCUT2D eigenvalue weighted by Crippen LogP contribution is -2.39. The molecule has 0 aliphatic carbocycles. The van der Waals surface area contributed by atoms with E-state index in [4.69, 9.17) is 10.00 Å². The lowest BCUT2D eigenvalue weighted by molar-refractivity contribution is -0.00907. The Labute approximate surface area is 143 Å². The zero-order chi connectivity index (χ0) is 17.3. The molecule has 0 spiro atoms. The van der Waals surface area contributed by atoms with Crippen molar-refractivity contribution in [2.75, 3.05) is 13.1 Å². The molecule has 1 aromatic rings. The molecule has 0 radical (unpaired) electrons. The van der Waals surface area contributed by atoms with Crippen molar-refractivity contribution in [1.82, 2.24) is 14.7 Å². The van der Waals surface area contributed by atoms with Crippen LogP contribution in [0, 0.1) is 17.2 Å². The summed E-state index contributed by atoms with van der Waals surface area (Å²) in [7, 11) is 1.89. The summed E-state index contributed by atoms with van der Waals surface area (Å²) in [6, 6.07) is 2.21. The Bertz CT molecular complexity index is 653. The molecule has 130 valence electrons. The second-order valence-corrected chi connectivity index (χ2v) is 7.06. The number of carbonyl (C=O) groups is 1. The van der Waals surface area contributed by atoms with Crippen LogP contribution in [0.15, 0.2) is 0 Å². The van der Waals surface area contributed by atoms with Gasteiger partial charge in [0.25, 0.3) is 5.91 Å². The third kappa shape index (κ3) is 3.18. The molecule has 3 rings (SSSR count). The summed E-state index contributed by atoms with van der Waals surface area (Å²) in [5.74, 6) is 0.617. The number of aryl methyl sites for hydroxylation is 1. The van der Waals surface area contributed by atoms with E-state index in [2.05, 4.69) is 11.2 Å². The van der Waals surface area contributed by atoms with Crippen LogP contribution in [0.3, 0.4) is 0 Å². The molecule has 0 bridgehead atoms. The van der Waals surface area contributed by atoms with Gasteiger partial charge in [0.05, 0.1) is 24.0 Å². The number of ether oxygens (including phenoxy) is 1. The minimum atomic E-state index is -0.0282. The van der Waals surface area contributed by atoms with Gasteiger partial charge in [-0.25, -0.2) is 0 Å². The Hall–Kier alpha value is -1.87. The third-order valence-electron chi connectivity index (χ3n) is 5.28. The number of likely N-dealkylation sites (tertiary alicyclic amines) is 1. The first-order valence-corrected chi connectivity index (χ1v) is 8.88. The Morgan fingerprint density at radius 2 is 2.08 bits per heavy atom. The maximum absolute atomic E-state index is 13.0. The van der Waals surface area contributed by atoms with Crippen molar-refractivity contribution in [1.29, 1.82) is 5.26 Å². The van der Waals surface area contributed by atoms with Crippen LogP contribution in [0.2, 0.25) is 0 Å². The number of hydrogen-bond acceptors (Lipinski definition) is 4. The summed E-state index contributed by atoms with van der Waals surface area (Å²) in [6.45, 7) is 5.59. The average Bonchev–Trinajstić information content (AvgIpc) is 2.89. The predicted octanol–water partition coefficient (Wildman–Crippen LogP) is 2.60. The van der Waals surface area contributed by atoms with E-state index in [0.717, 1.165) is 50.0 Å². The number of nitriles is 1. The molecule has 3 heterocycles. The molecule has 1 aromatic heterocycles. The third-order valence-corrected chi connectivity index (χ3v) is 5.28. The molecule has 1 fully saturated rings. The van der Waals surface area contributed by atoms with E-state index >= 15 is 0 Å². The van der Waals surface area contributed by atoms with Crippen LogP contribution >= 0.6 is 0 Å². The Morgan fingerprint density at radius 1 is 1.38 bits per heavy atom. The summed E-state index contributed by atoms with van der Waals surface area (Å²) in [6.07, 6.45) is 4.36. The average molecular weight is 330 g/mol. The summed E-state index contributed by atoms with van der Waals surface area (Å²) in [4.78, 5) is 14.9. The van der Waals surface area contributed by atoms with E-state index in [1.54, 1.807) is 4.68 Å². The zero-order valence-electron chi connectivity index (χ0n) is 14.8. The Balaban J connectivity index is 1.73. The highest BCUT2D eigenvalue weighted by Crippen LogP contribution is 2.32. The minimum absolute atomic E-state index is 0.0282. The van der Waals surface area contributed by atoms with E-state index < -0.39 is 0 Å². The molecule has 0 aromatic carbocycles. The van der Waals surface area contributed by atoms with Gasteiger partial charge in [0.1, 0.15) is 0 Å². The molecule has 2 aliphatic heterocycles. The smallest absolute Gasteiger partial charge is 0.274 e. The van der Waals surface area contributed by atoms with Gasteiger partial charge in [0.2, 0.25) is 0 Å². The molecule has 0 saturated carbocycles. The summed E-state index contributed by atoms with van der Waals surface area (Å²) < 4.78 is 7.68. The van der Waals surface area contributed by atoms with Crippen LogP contribution < -0.4 is 0 Å². The molecule has 0 N–H and O–H groups in total. The van der Waals surface area contributed by atoms with E-state index in [-0.39, 0.29) is 18.1 Å². The fourth-order valence-corrected chi connectivity index (χ4v) is 4.05. The number of aromatic nitrogens is 2. The predicted molar refractivity (Wildman–Crippen MR) is 89.3 cm³/mol. The molecule has 24 heavy (non-hydrogen) atoms. The fraction of sp³-hybridized carbons (Fsp3) is 0.722. The number of nitrogens with zero attached hydrogens (tertiary/aromatic N) is 4. The molecule has 2 aliphatic rings. The van der Waals surface area contributed by atoms with Gasteiger partial charge in [-0.05, 0) is 39.0 Å². The second-order valence-electron chi connectivity index (χ2n) is 7.06. The Morgan fingerprint density at radius 3 is 2.75 bits per heavy atom. The van der Waals surface area contributed by atoms with Crippen LogP contribution in [0.1, 0.15) is 67.4 Å². The molecule has 2 atom stereocenters. The van der Waals surface area contributed by atoms with E-state index in [1.807, 2.05) is 25.8 Å². The van der Waals surface area contributed by atoms with Crippen molar-refractivity contribution in [2.45, 2.75) is 58.2 Å². The van der Waals surface area contributed by atoms with Crippen molar-refractivity contribution < 1.29 is 9.53 Å². The normalized spacial score (nSPS) is 24.5. The highest BCUT2D eigenvalue weighted by Gasteiger charge is 2.33. The molecule has 1 saturated heterocycles. The van der Waals surface area contributed by atoms with Gasteiger partial charge in [-0.3, -0.25) is 9.48 Å². The topological polar surface area (TPSA) is 71.2 Å². The fourth-order valence-electron chi connectivity index (χ4n) is 4.05. The van der Waals surface area contributed by atoms with Gasteiger partial charge in [0, 0.05) is 38.5 Å². The number of carbonyl (C=O) groups excluding carboxylic acids is 1. The quantitative estimate of drug-likeness (QED) is 0.854. The van der Waals surface area contributed by atoms with E-state index in [0.29, 0.717) is 18.0 Å². The first kappa shape index (κ1) is 17.0. The van der Waals surface area contributed by atoms with Crippen LogP contribution in [0.5, 0.6) is 0 Å². The molecule has 6 heteroatoms. The second kappa shape index (κ2) is 6.94.